The van der Waals surface area contributed by atoms with Gasteiger partial charge in [0.05, 0.1) is 0 Å². The average molecular weight is 304 g/mol. The molecule has 0 N–H and O–H groups in total. The summed E-state index contributed by atoms with van der Waals surface area (Å²) in [6.07, 6.45) is -2.70. The Labute approximate surface area is 117 Å². The lowest BCUT2D eigenvalue weighted by atomic mass is 10.2. The molecule has 0 unspecified atom stereocenters. The molecule has 0 atom stereocenters. The summed E-state index contributed by atoms with van der Waals surface area (Å²) in [5, 5.41) is 0. The third-order valence-electron chi connectivity index (χ3n) is 2.42. The first kappa shape index (κ1) is 18.5. The van der Waals surface area contributed by atoms with Gasteiger partial charge in [0.2, 0.25) is 5.91 Å². The summed E-state index contributed by atoms with van der Waals surface area (Å²) in [5.41, 5.74) is 0. The van der Waals surface area contributed by atoms with E-state index in [1.165, 1.54) is 0 Å². The maximum absolute atomic E-state index is 12.4. The number of carbonyl (C=O) groups is 1. The first-order valence-electron chi connectivity index (χ1n) is 6.39. The molecule has 0 saturated heterocycles. The molecule has 0 heterocycles. The molecule has 0 aliphatic carbocycles. The van der Waals surface area contributed by atoms with Gasteiger partial charge in [0.25, 0.3) is 0 Å². The number of unbranched alkanes of at least 4 members (excludes halogenated alkanes) is 1. The van der Waals surface area contributed by atoms with Gasteiger partial charge in [0.15, 0.2) is 0 Å². The van der Waals surface area contributed by atoms with Crippen LogP contribution in [0.25, 0.3) is 0 Å². The molecule has 0 spiro atoms. The van der Waals surface area contributed by atoms with E-state index in [1.54, 1.807) is 0 Å². The molecule has 0 aromatic rings. The van der Waals surface area contributed by atoms with E-state index in [1.807, 2.05) is 6.92 Å². The first-order chi connectivity index (χ1) is 8.90. The first-order valence-corrected chi connectivity index (χ1v) is 6.92. The van der Waals surface area contributed by atoms with Crippen molar-refractivity contribution in [2.24, 2.45) is 0 Å². The van der Waals surface area contributed by atoms with Crippen LogP contribution in [0.1, 0.15) is 32.6 Å². The Morgan fingerprint density at radius 1 is 1.26 bits per heavy atom. The smallest absolute Gasteiger partial charge is 0.382 e. The van der Waals surface area contributed by atoms with Crippen molar-refractivity contribution in [3.05, 3.63) is 0 Å². The van der Waals surface area contributed by atoms with E-state index in [-0.39, 0.29) is 13.0 Å². The number of hydrogen-bond donors (Lipinski definition) is 0. The number of alkyl halides is 4. The van der Waals surface area contributed by atoms with Crippen molar-refractivity contribution in [3.63, 3.8) is 0 Å². The molecule has 19 heavy (non-hydrogen) atoms. The summed E-state index contributed by atoms with van der Waals surface area (Å²) in [6, 6.07) is 0. The molecule has 0 bridgehead atoms. The minimum atomic E-state index is -4.37. The van der Waals surface area contributed by atoms with Crippen molar-refractivity contribution in [1.29, 1.82) is 0 Å². The zero-order valence-electron chi connectivity index (χ0n) is 11.1. The van der Waals surface area contributed by atoms with Gasteiger partial charge in [-0.05, 0) is 26.2 Å². The van der Waals surface area contributed by atoms with Crippen molar-refractivity contribution < 1.29 is 22.7 Å². The zero-order chi connectivity index (χ0) is 14.7. The molecule has 0 aliphatic heterocycles. The fraction of sp³-hybridized carbons (Fsp3) is 0.917. The predicted molar refractivity (Wildman–Crippen MR) is 68.3 cm³/mol. The molecule has 114 valence electrons. The van der Waals surface area contributed by atoms with Crippen LogP contribution in [0.5, 0.6) is 0 Å². The van der Waals surface area contributed by atoms with E-state index in [0.29, 0.717) is 38.4 Å². The highest BCUT2D eigenvalue weighted by atomic mass is 35.5. The van der Waals surface area contributed by atoms with E-state index in [4.69, 9.17) is 16.3 Å². The topological polar surface area (TPSA) is 29.5 Å². The van der Waals surface area contributed by atoms with Gasteiger partial charge in [0, 0.05) is 32.1 Å². The second-order valence-corrected chi connectivity index (χ2v) is 4.51. The molecule has 7 heteroatoms. The van der Waals surface area contributed by atoms with E-state index in [0.717, 1.165) is 4.90 Å². The van der Waals surface area contributed by atoms with Gasteiger partial charge in [-0.25, -0.2) is 0 Å². The van der Waals surface area contributed by atoms with Crippen LogP contribution < -0.4 is 0 Å². The van der Waals surface area contributed by atoms with Crippen LogP contribution in [0.4, 0.5) is 13.2 Å². The molecule has 0 fully saturated rings. The van der Waals surface area contributed by atoms with Crippen LogP contribution in [0.2, 0.25) is 0 Å². The van der Waals surface area contributed by atoms with Crippen molar-refractivity contribution >= 4 is 17.5 Å². The monoisotopic (exact) mass is 303 g/mol. The SMILES string of the molecule is CCOCCCN(CC(F)(F)F)C(=O)CCCCCl. The van der Waals surface area contributed by atoms with E-state index in [2.05, 4.69) is 0 Å². The van der Waals surface area contributed by atoms with E-state index >= 15 is 0 Å². The molecular formula is C12H21ClF3NO2. The molecule has 1 amide bonds. The highest BCUT2D eigenvalue weighted by Crippen LogP contribution is 2.17. The molecule has 3 nitrogen and oxygen atoms in total. The largest absolute Gasteiger partial charge is 0.406 e. The standard InChI is InChI=1S/C12H21ClF3NO2/c1-2-19-9-5-8-17(10-12(14,15)16)11(18)6-3-4-7-13/h2-10H2,1H3. The van der Waals surface area contributed by atoms with Gasteiger partial charge in [0.1, 0.15) is 6.54 Å². The van der Waals surface area contributed by atoms with Gasteiger partial charge in [-0.15, -0.1) is 11.6 Å². The minimum Gasteiger partial charge on any atom is -0.382 e. The van der Waals surface area contributed by atoms with Gasteiger partial charge in [-0.3, -0.25) is 4.79 Å². The molecule has 0 radical (unpaired) electrons. The van der Waals surface area contributed by atoms with E-state index < -0.39 is 18.6 Å². The van der Waals surface area contributed by atoms with Crippen molar-refractivity contribution in [2.75, 3.05) is 32.2 Å². The normalized spacial score (nSPS) is 11.6. The van der Waals surface area contributed by atoms with Crippen LogP contribution in [-0.2, 0) is 9.53 Å². The third kappa shape index (κ3) is 11.1. The molecule has 0 aromatic heterocycles. The number of rotatable bonds is 10. The van der Waals surface area contributed by atoms with Crippen LogP contribution >= 0.6 is 11.6 Å². The van der Waals surface area contributed by atoms with Crippen LogP contribution in [-0.4, -0.2) is 49.2 Å². The number of carbonyl (C=O) groups excluding carboxylic acids is 1. The number of nitrogens with zero attached hydrogens (tertiary/aromatic N) is 1. The summed E-state index contributed by atoms with van der Waals surface area (Å²) >= 11 is 5.47. The van der Waals surface area contributed by atoms with Crippen molar-refractivity contribution in [1.82, 2.24) is 4.90 Å². The lowest BCUT2D eigenvalue weighted by Crippen LogP contribution is -2.39. The fourth-order valence-corrected chi connectivity index (χ4v) is 1.73. The Bertz CT molecular complexity index is 250. The average Bonchev–Trinajstić information content (AvgIpc) is 2.32. The Kier molecular flexibility index (Phi) is 10.0. The van der Waals surface area contributed by atoms with Gasteiger partial charge >= 0.3 is 6.18 Å². The van der Waals surface area contributed by atoms with Crippen molar-refractivity contribution in [3.8, 4) is 0 Å². The maximum atomic E-state index is 12.4. The van der Waals surface area contributed by atoms with Crippen LogP contribution in [0, 0.1) is 0 Å². The van der Waals surface area contributed by atoms with Gasteiger partial charge < -0.3 is 9.64 Å². The Balaban J connectivity index is 4.19. The molecule has 0 aliphatic rings. The second-order valence-electron chi connectivity index (χ2n) is 4.13. The lowest BCUT2D eigenvalue weighted by Gasteiger charge is -2.24. The number of hydrogen-bond acceptors (Lipinski definition) is 2. The molecule has 0 rings (SSSR count). The van der Waals surface area contributed by atoms with E-state index in [9.17, 15) is 18.0 Å². The Morgan fingerprint density at radius 2 is 1.95 bits per heavy atom. The van der Waals surface area contributed by atoms with Crippen molar-refractivity contribution in [2.45, 2.75) is 38.8 Å². The summed E-state index contributed by atoms with van der Waals surface area (Å²) in [7, 11) is 0. The maximum Gasteiger partial charge on any atom is 0.406 e. The quantitative estimate of drug-likeness (QED) is 0.458. The number of halogens is 4. The van der Waals surface area contributed by atoms with Gasteiger partial charge in [-0.2, -0.15) is 13.2 Å². The summed E-state index contributed by atoms with van der Waals surface area (Å²) in [4.78, 5) is 12.6. The Hall–Kier alpha value is -0.490. The second kappa shape index (κ2) is 10.3. The zero-order valence-corrected chi connectivity index (χ0v) is 11.9. The number of amides is 1. The highest BCUT2D eigenvalue weighted by Gasteiger charge is 2.32. The van der Waals surface area contributed by atoms with Gasteiger partial charge in [-0.1, -0.05) is 0 Å². The fourth-order valence-electron chi connectivity index (χ4n) is 1.54. The lowest BCUT2D eigenvalue weighted by molar-refractivity contribution is -0.161. The molecule has 0 saturated carbocycles. The van der Waals surface area contributed by atoms with Crippen LogP contribution in [0.3, 0.4) is 0 Å². The predicted octanol–water partition coefficient (Wildman–Crippen LogP) is 3.21. The third-order valence-corrected chi connectivity index (χ3v) is 2.69. The highest BCUT2D eigenvalue weighted by molar-refractivity contribution is 6.17. The van der Waals surface area contributed by atoms with Crippen LogP contribution in [0.15, 0.2) is 0 Å². The minimum absolute atomic E-state index is 0.0687. The Morgan fingerprint density at radius 3 is 2.47 bits per heavy atom. The summed E-state index contributed by atoms with van der Waals surface area (Å²) in [5.74, 6) is -0.0596. The summed E-state index contributed by atoms with van der Waals surface area (Å²) < 4.78 is 42.2. The molecule has 0 aromatic carbocycles. The molecular weight excluding hydrogens is 283 g/mol. The summed E-state index contributed by atoms with van der Waals surface area (Å²) in [6.45, 7) is 1.56. The number of ether oxygens (including phenoxy) is 1.